The molecule has 6 heteroatoms. The van der Waals surface area contributed by atoms with E-state index < -0.39 is 0 Å². The van der Waals surface area contributed by atoms with Crippen molar-refractivity contribution in [2.45, 2.75) is 31.7 Å². The van der Waals surface area contributed by atoms with Crippen molar-refractivity contribution in [2.75, 3.05) is 23.8 Å². The van der Waals surface area contributed by atoms with Crippen molar-refractivity contribution in [3.05, 3.63) is 42.7 Å². The molecule has 0 bridgehead atoms. The van der Waals surface area contributed by atoms with E-state index in [2.05, 4.69) is 15.0 Å². The van der Waals surface area contributed by atoms with Crippen LogP contribution in [-0.4, -0.2) is 38.9 Å². The van der Waals surface area contributed by atoms with Gasteiger partial charge in [-0.2, -0.15) is 9.61 Å². The van der Waals surface area contributed by atoms with E-state index in [0.717, 1.165) is 54.1 Å². The molecule has 1 saturated heterocycles. The van der Waals surface area contributed by atoms with Crippen molar-refractivity contribution in [1.29, 1.82) is 0 Å². The smallest absolute Gasteiger partial charge is 0.165 e. The van der Waals surface area contributed by atoms with Crippen LogP contribution in [0.3, 0.4) is 0 Å². The number of nitrogens with two attached hydrogens (primary N) is 1. The Morgan fingerprint density at radius 1 is 1.24 bits per heavy atom. The summed E-state index contributed by atoms with van der Waals surface area (Å²) in [4.78, 5) is 6.92. The van der Waals surface area contributed by atoms with E-state index >= 15 is 0 Å². The van der Waals surface area contributed by atoms with Crippen molar-refractivity contribution < 1.29 is 5.11 Å². The van der Waals surface area contributed by atoms with Crippen molar-refractivity contribution in [3.8, 4) is 11.1 Å². The van der Waals surface area contributed by atoms with Gasteiger partial charge in [0.05, 0.1) is 6.20 Å². The quantitative estimate of drug-likeness (QED) is 0.716. The van der Waals surface area contributed by atoms with E-state index in [1.54, 1.807) is 0 Å². The molecule has 0 radical (unpaired) electrons. The van der Waals surface area contributed by atoms with Gasteiger partial charge in [-0.3, -0.25) is 0 Å². The summed E-state index contributed by atoms with van der Waals surface area (Å²) >= 11 is 0. The lowest BCUT2D eigenvalue weighted by molar-refractivity contribution is 0.262. The minimum Gasteiger partial charge on any atom is -0.399 e. The second kappa shape index (κ2) is 6.72. The zero-order valence-electron chi connectivity index (χ0n) is 14.2. The lowest BCUT2D eigenvalue weighted by Crippen LogP contribution is -2.41. The highest BCUT2D eigenvalue weighted by atomic mass is 16.3. The van der Waals surface area contributed by atoms with Crippen molar-refractivity contribution in [3.63, 3.8) is 0 Å². The molecule has 1 fully saturated rings. The van der Waals surface area contributed by atoms with Crippen molar-refractivity contribution in [2.24, 2.45) is 0 Å². The summed E-state index contributed by atoms with van der Waals surface area (Å²) in [6.07, 6.45) is 7.96. The van der Waals surface area contributed by atoms with E-state index in [1.807, 2.05) is 47.2 Å². The number of benzene rings is 1. The van der Waals surface area contributed by atoms with Crippen molar-refractivity contribution >= 4 is 17.2 Å². The van der Waals surface area contributed by atoms with Gasteiger partial charge in [-0.15, -0.1) is 0 Å². The van der Waals surface area contributed by atoms with Crippen LogP contribution in [0.5, 0.6) is 0 Å². The molecule has 0 amide bonds. The third kappa shape index (κ3) is 2.93. The van der Waals surface area contributed by atoms with Crippen LogP contribution in [0.4, 0.5) is 11.5 Å². The van der Waals surface area contributed by atoms with Gasteiger partial charge < -0.3 is 15.7 Å². The summed E-state index contributed by atoms with van der Waals surface area (Å²) in [5.74, 6) is 1.04. The predicted molar refractivity (Wildman–Crippen MR) is 99.5 cm³/mol. The number of aliphatic hydroxyl groups excluding tert-OH is 1. The minimum atomic E-state index is 0.211. The number of nitrogens with zero attached hydrogens (tertiary/aromatic N) is 4. The largest absolute Gasteiger partial charge is 0.399 e. The number of rotatable bonds is 4. The number of aromatic nitrogens is 3. The molecule has 6 nitrogen and oxygen atoms in total. The molecule has 0 saturated carbocycles. The van der Waals surface area contributed by atoms with Crippen LogP contribution in [-0.2, 0) is 0 Å². The Labute approximate surface area is 146 Å². The molecular weight excluding hydrogens is 314 g/mol. The molecule has 130 valence electrons. The van der Waals surface area contributed by atoms with Gasteiger partial charge in [-0.05, 0) is 49.4 Å². The van der Waals surface area contributed by atoms with Gasteiger partial charge in [-0.25, -0.2) is 4.98 Å². The normalized spacial score (nSPS) is 18.0. The monoisotopic (exact) mass is 337 g/mol. The predicted octanol–water partition coefficient (Wildman–Crippen LogP) is 2.72. The number of aliphatic hydroxyl groups is 1. The Kier molecular flexibility index (Phi) is 4.28. The second-order valence-corrected chi connectivity index (χ2v) is 6.58. The van der Waals surface area contributed by atoms with Gasteiger partial charge in [0.2, 0.25) is 0 Å². The lowest BCUT2D eigenvalue weighted by Gasteiger charge is -2.37. The van der Waals surface area contributed by atoms with E-state index in [1.165, 1.54) is 6.42 Å². The Balaban J connectivity index is 1.79. The van der Waals surface area contributed by atoms with Crippen molar-refractivity contribution in [1.82, 2.24) is 14.6 Å². The number of nitrogen functional groups attached to an aromatic ring is 1. The summed E-state index contributed by atoms with van der Waals surface area (Å²) in [5.41, 5.74) is 9.48. The SMILES string of the molecule is Nc1cccc(-c2cnn3c(N4CCCCC4CCO)ccnc23)c1. The third-order valence-corrected chi connectivity index (χ3v) is 4.96. The van der Waals surface area contributed by atoms with Gasteiger partial charge in [0.25, 0.3) is 0 Å². The average molecular weight is 337 g/mol. The van der Waals surface area contributed by atoms with Crippen LogP contribution in [0.2, 0.25) is 0 Å². The zero-order chi connectivity index (χ0) is 17.2. The van der Waals surface area contributed by atoms with Gasteiger partial charge in [0, 0.05) is 36.6 Å². The molecular formula is C19H23N5O. The summed E-state index contributed by atoms with van der Waals surface area (Å²) in [5, 5.41) is 14.0. The van der Waals surface area contributed by atoms with Gasteiger partial charge in [0.15, 0.2) is 5.65 Å². The minimum absolute atomic E-state index is 0.211. The van der Waals surface area contributed by atoms with E-state index in [-0.39, 0.29) is 6.61 Å². The number of fused-ring (bicyclic) bond motifs is 1. The van der Waals surface area contributed by atoms with Gasteiger partial charge >= 0.3 is 0 Å². The van der Waals surface area contributed by atoms with Gasteiger partial charge in [-0.1, -0.05) is 12.1 Å². The highest BCUT2D eigenvalue weighted by molar-refractivity contribution is 5.79. The fourth-order valence-corrected chi connectivity index (χ4v) is 3.76. The molecule has 2 aromatic heterocycles. The van der Waals surface area contributed by atoms with Crippen LogP contribution in [0, 0.1) is 0 Å². The van der Waals surface area contributed by atoms with E-state index in [4.69, 9.17) is 5.73 Å². The molecule has 4 rings (SSSR count). The summed E-state index contributed by atoms with van der Waals surface area (Å²) < 4.78 is 1.91. The molecule has 0 aliphatic carbocycles. The first-order chi connectivity index (χ1) is 12.3. The molecule has 1 aliphatic heterocycles. The molecule has 1 atom stereocenters. The average Bonchev–Trinajstić information content (AvgIpc) is 3.07. The molecule has 1 unspecified atom stereocenters. The van der Waals surface area contributed by atoms with Crippen LogP contribution < -0.4 is 10.6 Å². The Bertz CT molecular complexity index is 873. The molecule has 0 spiro atoms. The maximum absolute atomic E-state index is 9.40. The molecule has 3 heterocycles. The fourth-order valence-electron chi connectivity index (χ4n) is 3.76. The second-order valence-electron chi connectivity index (χ2n) is 6.58. The van der Waals surface area contributed by atoms with E-state index in [9.17, 15) is 5.11 Å². The molecule has 1 aromatic carbocycles. The maximum atomic E-state index is 9.40. The standard InChI is InChI=1S/C19H23N5O/c20-15-5-3-4-14(12-15)17-13-22-24-18(7-9-21-19(17)24)23-10-2-1-6-16(23)8-11-25/h3-5,7,9,12-13,16,25H,1-2,6,8,10-11,20H2. The van der Waals surface area contributed by atoms with E-state index in [0.29, 0.717) is 6.04 Å². The Morgan fingerprint density at radius 2 is 2.16 bits per heavy atom. The number of hydrogen-bond acceptors (Lipinski definition) is 5. The molecule has 3 aromatic rings. The topological polar surface area (TPSA) is 79.7 Å². The lowest BCUT2D eigenvalue weighted by atomic mass is 9.99. The maximum Gasteiger partial charge on any atom is 0.165 e. The zero-order valence-corrected chi connectivity index (χ0v) is 14.2. The molecule has 25 heavy (non-hydrogen) atoms. The Hall–Kier alpha value is -2.60. The number of anilines is 2. The molecule has 3 N–H and O–H groups in total. The molecule has 1 aliphatic rings. The highest BCUT2D eigenvalue weighted by Crippen LogP contribution is 2.30. The Morgan fingerprint density at radius 3 is 3.00 bits per heavy atom. The van der Waals surface area contributed by atoms with Crippen LogP contribution in [0.1, 0.15) is 25.7 Å². The first-order valence-electron chi connectivity index (χ1n) is 8.84. The summed E-state index contributed by atoms with van der Waals surface area (Å²) in [6, 6.07) is 10.2. The first kappa shape index (κ1) is 15.9. The highest BCUT2D eigenvalue weighted by Gasteiger charge is 2.25. The number of hydrogen-bond donors (Lipinski definition) is 2. The van der Waals surface area contributed by atoms with Crippen LogP contribution in [0.25, 0.3) is 16.8 Å². The fraction of sp³-hybridized carbons (Fsp3) is 0.368. The third-order valence-electron chi connectivity index (χ3n) is 4.96. The van der Waals surface area contributed by atoms with Crippen LogP contribution >= 0.6 is 0 Å². The summed E-state index contributed by atoms with van der Waals surface area (Å²) in [7, 11) is 0. The summed E-state index contributed by atoms with van der Waals surface area (Å²) in [6.45, 7) is 1.19. The van der Waals surface area contributed by atoms with Crippen LogP contribution in [0.15, 0.2) is 42.7 Å². The number of piperidine rings is 1. The van der Waals surface area contributed by atoms with Gasteiger partial charge in [0.1, 0.15) is 5.82 Å². The first-order valence-corrected chi connectivity index (χ1v) is 8.84.